The van der Waals surface area contributed by atoms with Gasteiger partial charge in [0.2, 0.25) is 0 Å². The number of esters is 1. The molecular weight excluding hydrogens is 406 g/mol. The van der Waals surface area contributed by atoms with Crippen molar-refractivity contribution in [3.63, 3.8) is 0 Å². The van der Waals surface area contributed by atoms with Crippen LogP contribution in [0.15, 0.2) is 60.7 Å². The first-order valence-corrected chi connectivity index (χ1v) is 10.5. The summed E-state index contributed by atoms with van der Waals surface area (Å²) in [5, 5.41) is 7.45. The largest absolute Gasteiger partial charge is 0.479 e. The molecule has 1 heterocycles. The number of carbonyl (C=O) groups excluding carboxylic acids is 2. The first kappa shape index (κ1) is 23.1. The fourth-order valence-corrected chi connectivity index (χ4v) is 2.90. The molecule has 3 rings (SSSR count). The fourth-order valence-electron chi connectivity index (χ4n) is 2.90. The molecule has 0 aliphatic carbocycles. The lowest BCUT2D eigenvalue weighted by Crippen LogP contribution is -2.30. The Morgan fingerprint density at radius 2 is 1.72 bits per heavy atom. The summed E-state index contributed by atoms with van der Waals surface area (Å²) in [6, 6.07) is 18.7. The Bertz CT molecular complexity index is 1070. The second-order valence-electron chi connectivity index (χ2n) is 8.64. The van der Waals surface area contributed by atoms with Crippen LogP contribution in [0, 0.1) is 6.92 Å². The average Bonchev–Trinajstić information content (AvgIpc) is 3.18. The zero-order chi connectivity index (χ0) is 23.3. The Morgan fingerprint density at radius 3 is 2.34 bits per heavy atom. The summed E-state index contributed by atoms with van der Waals surface area (Å²) in [7, 11) is 0. The van der Waals surface area contributed by atoms with E-state index in [0.29, 0.717) is 11.6 Å². The van der Waals surface area contributed by atoms with Gasteiger partial charge in [0.25, 0.3) is 5.91 Å². The summed E-state index contributed by atoms with van der Waals surface area (Å²) < 4.78 is 12.4. The van der Waals surface area contributed by atoms with Crippen LogP contribution in [0.4, 0.5) is 5.82 Å². The molecule has 0 aliphatic heterocycles. The van der Waals surface area contributed by atoms with Crippen LogP contribution in [0.3, 0.4) is 0 Å². The molecule has 1 aromatic heterocycles. The van der Waals surface area contributed by atoms with Crippen molar-refractivity contribution in [2.75, 3.05) is 11.9 Å². The minimum absolute atomic E-state index is 0.200. The third kappa shape index (κ3) is 5.97. The van der Waals surface area contributed by atoms with Crippen LogP contribution in [0.25, 0.3) is 5.69 Å². The number of hydrogen-bond donors (Lipinski definition) is 1. The van der Waals surface area contributed by atoms with Crippen LogP contribution in [0.1, 0.15) is 39.0 Å². The van der Waals surface area contributed by atoms with E-state index in [0.717, 1.165) is 16.9 Å². The Balaban J connectivity index is 1.63. The normalized spacial score (nSPS) is 12.2. The van der Waals surface area contributed by atoms with Crippen molar-refractivity contribution in [3.8, 4) is 11.4 Å². The molecule has 0 aliphatic rings. The maximum Gasteiger partial charge on any atom is 0.347 e. The zero-order valence-corrected chi connectivity index (χ0v) is 19.1. The molecule has 0 unspecified atom stereocenters. The van der Waals surface area contributed by atoms with E-state index < -0.39 is 24.6 Å². The Hall–Kier alpha value is -3.61. The van der Waals surface area contributed by atoms with Crippen LogP contribution >= 0.6 is 0 Å². The smallest absolute Gasteiger partial charge is 0.347 e. The average molecular weight is 436 g/mol. The fraction of sp³-hybridized carbons (Fsp3) is 0.320. The lowest BCUT2D eigenvalue weighted by Gasteiger charge is -2.14. The highest BCUT2D eigenvalue weighted by Crippen LogP contribution is 2.26. The van der Waals surface area contributed by atoms with Gasteiger partial charge >= 0.3 is 5.97 Å². The van der Waals surface area contributed by atoms with Crippen molar-refractivity contribution < 1.29 is 19.1 Å². The molecule has 7 heteroatoms. The molecule has 2 aromatic carbocycles. The van der Waals surface area contributed by atoms with Crippen molar-refractivity contribution >= 4 is 17.7 Å². The topological polar surface area (TPSA) is 82.4 Å². The third-order valence-corrected chi connectivity index (χ3v) is 4.76. The molecule has 1 amide bonds. The summed E-state index contributed by atoms with van der Waals surface area (Å²) >= 11 is 0. The highest BCUT2D eigenvalue weighted by molar-refractivity contribution is 5.92. The lowest BCUT2D eigenvalue weighted by atomic mass is 9.92. The molecule has 1 atom stereocenters. The Kier molecular flexibility index (Phi) is 6.98. The first-order valence-electron chi connectivity index (χ1n) is 10.5. The Morgan fingerprint density at radius 1 is 1.06 bits per heavy atom. The van der Waals surface area contributed by atoms with Crippen molar-refractivity contribution in [1.82, 2.24) is 9.78 Å². The van der Waals surface area contributed by atoms with Gasteiger partial charge in [-0.2, -0.15) is 5.10 Å². The monoisotopic (exact) mass is 435 g/mol. The predicted molar refractivity (Wildman–Crippen MR) is 123 cm³/mol. The van der Waals surface area contributed by atoms with Gasteiger partial charge in [-0.05, 0) is 38.1 Å². The summed E-state index contributed by atoms with van der Waals surface area (Å²) in [4.78, 5) is 24.8. The van der Waals surface area contributed by atoms with Crippen LogP contribution in [0.5, 0.6) is 5.75 Å². The van der Waals surface area contributed by atoms with Gasteiger partial charge in [0.05, 0.1) is 11.4 Å². The molecule has 0 radical (unpaired) electrons. The summed E-state index contributed by atoms with van der Waals surface area (Å²) in [5.41, 5.74) is 2.53. The number of nitrogens with zero attached hydrogens (tertiary/aromatic N) is 2. The number of aromatic nitrogens is 2. The number of ether oxygens (including phenoxy) is 2. The Labute approximate surface area is 188 Å². The molecule has 0 bridgehead atoms. The number of amides is 1. The number of para-hydroxylation sites is 1. The predicted octanol–water partition coefficient (Wildman–Crippen LogP) is 4.43. The van der Waals surface area contributed by atoms with Crippen molar-refractivity contribution in [3.05, 3.63) is 71.9 Å². The van der Waals surface area contributed by atoms with Gasteiger partial charge in [0, 0.05) is 11.5 Å². The standard InChI is InChI=1S/C25H29N3O4/c1-17-11-13-20(14-12-17)32-18(2)24(30)31-16-23(29)26-22-15-21(25(3,4)5)27-28(22)19-9-7-6-8-10-19/h6-15,18H,16H2,1-5H3,(H,26,29)/t18-/m0/s1. The minimum atomic E-state index is -0.840. The molecule has 7 nitrogen and oxygen atoms in total. The van der Waals surface area contributed by atoms with Crippen LogP contribution in [-0.4, -0.2) is 34.4 Å². The number of aryl methyl sites for hydroxylation is 1. The SMILES string of the molecule is Cc1ccc(O[C@@H](C)C(=O)OCC(=O)Nc2cc(C(C)(C)C)nn2-c2ccccc2)cc1. The minimum Gasteiger partial charge on any atom is -0.479 e. The van der Waals surface area contributed by atoms with Gasteiger partial charge < -0.3 is 14.8 Å². The van der Waals surface area contributed by atoms with E-state index in [2.05, 4.69) is 10.4 Å². The number of anilines is 1. The van der Waals surface area contributed by atoms with Gasteiger partial charge in [-0.25, -0.2) is 9.48 Å². The van der Waals surface area contributed by atoms with Crippen molar-refractivity contribution in [1.29, 1.82) is 0 Å². The van der Waals surface area contributed by atoms with E-state index in [1.807, 2.05) is 76.2 Å². The van der Waals surface area contributed by atoms with E-state index in [-0.39, 0.29) is 5.41 Å². The van der Waals surface area contributed by atoms with Gasteiger partial charge in [-0.3, -0.25) is 4.79 Å². The van der Waals surface area contributed by atoms with E-state index in [4.69, 9.17) is 9.47 Å². The number of carbonyl (C=O) groups is 2. The molecule has 1 N–H and O–H groups in total. The van der Waals surface area contributed by atoms with Crippen LogP contribution < -0.4 is 10.1 Å². The quantitative estimate of drug-likeness (QED) is 0.555. The molecule has 0 saturated heterocycles. The highest BCUT2D eigenvalue weighted by atomic mass is 16.6. The molecule has 168 valence electrons. The van der Waals surface area contributed by atoms with Crippen molar-refractivity contribution in [2.45, 2.75) is 46.1 Å². The van der Waals surface area contributed by atoms with Crippen LogP contribution in [0.2, 0.25) is 0 Å². The molecule has 0 fully saturated rings. The molecule has 3 aromatic rings. The molecule has 32 heavy (non-hydrogen) atoms. The maximum absolute atomic E-state index is 12.5. The zero-order valence-electron chi connectivity index (χ0n) is 19.1. The van der Waals surface area contributed by atoms with E-state index in [1.54, 1.807) is 23.7 Å². The van der Waals surface area contributed by atoms with E-state index >= 15 is 0 Å². The van der Waals surface area contributed by atoms with Gasteiger partial charge in [-0.15, -0.1) is 0 Å². The first-order chi connectivity index (χ1) is 15.1. The number of hydrogen-bond acceptors (Lipinski definition) is 5. The van der Waals surface area contributed by atoms with E-state index in [1.165, 1.54) is 0 Å². The van der Waals surface area contributed by atoms with Gasteiger partial charge in [0.1, 0.15) is 11.6 Å². The van der Waals surface area contributed by atoms with Crippen LogP contribution in [-0.2, 0) is 19.7 Å². The number of nitrogens with one attached hydrogen (secondary N) is 1. The third-order valence-electron chi connectivity index (χ3n) is 4.76. The lowest BCUT2D eigenvalue weighted by molar-refractivity contribution is -0.153. The second kappa shape index (κ2) is 9.68. The summed E-state index contributed by atoms with van der Waals surface area (Å²) in [6.45, 7) is 9.27. The molecule has 0 spiro atoms. The van der Waals surface area contributed by atoms with Gasteiger partial charge in [0.15, 0.2) is 12.7 Å². The number of benzene rings is 2. The second-order valence-corrected chi connectivity index (χ2v) is 8.64. The summed E-state index contributed by atoms with van der Waals surface area (Å²) in [6.07, 6.45) is -0.840. The summed E-state index contributed by atoms with van der Waals surface area (Å²) in [5.74, 6) is -0.0109. The van der Waals surface area contributed by atoms with Crippen molar-refractivity contribution in [2.24, 2.45) is 0 Å². The highest BCUT2D eigenvalue weighted by Gasteiger charge is 2.22. The number of rotatable bonds is 7. The molecule has 0 saturated carbocycles. The maximum atomic E-state index is 12.5. The van der Waals surface area contributed by atoms with E-state index in [9.17, 15) is 9.59 Å². The molecular formula is C25H29N3O4. The van der Waals surface area contributed by atoms with Gasteiger partial charge in [-0.1, -0.05) is 56.7 Å².